The second-order valence-electron chi connectivity index (χ2n) is 5.55. The van der Waals surface area contributed by atoms with E-state index in [2.05, 4.69) is 14.9 Å². The molecule has 1 heterocycles. The van der Waals surface area contributed by atoms with Crippen molar-refractivity contribution in [1.82, 2.24) is 14.9 Å². The normalized spacial score (nSPS) is 11.6. The highest BCUT2D eigenvalue weighted by Crippen LogP contribution is 2.21. The van der Waals surface area contributed by atoms with Crippen LogP contribution >= 0.6 is 0 Å². The maximum atomic E-state index is 13.7. The Kier molecular flexibility index (Phi) is 4.65. The molecule has 3 rings (SSSR count). The second-order valence-corrected chi connectivity index (χ2v) is 7.32. The van der Waals surface area contributed by atoms with Gasteiger partial charge < -0.3 is 4.42 Å². The van der Waals surface area contributed by atoms with Crippen molar-refractivity contribution in [3.63, 3.8) is 0 Å². The molecule has 3 aromatic rings. The predicted octanol–water partition coefficient (Wildman–Crippen LogP) is 2.97. The number of sulfonamides is 1. The smallest absolute Gasteiger partial charge is 0.250 e. The molecule has 0 unspecified atom stereocenters. The maximum absolute atomic E-state index is 13.7. The van der Waals surface area contributed by atoms with Crippen LogP contribution in [0.2, 0.25) is 0 Å². The van der Waals surface area contributed by atoms with Gasteiger partial charge >= 0.3 is 0 Å². The Morgan fingerprint density at radius 1 is 1.08 bits per heavy atom. The topological polar surface area (TPSA) is 85.1 Å². The Labute approximate surface area is 144 Å². The zero-order valence-corrected chi connectivity index (χ0v) is 14.5. The van der Waals surface area contributed by atoms with Crippen molar-refractivity contribution >= 4 is 10.0 Å². The first-order valence-electron chi connectivity index (χ1n) is 7.51. The van der Waals surface area contributed by atoms with Gasteiger partial charge in [-0.3, -0.25) is 0 Å². The SMILES string of the molecule is Cc1ccc(S(=O)(=O)NCc2nnc(-c3ccccc3F)o2)cc1C. The van der Waals surface area contributed by atoms with Crippen LogP contribution < -0.4 is 4.72 Å². The monoisotopic (exact) mass is 361 g/mol. The third-order valence-corrected chi connectivity index (χ3v) is 5.17. The van der Waals surface area contributed by atoms with E-state index in [9.17, 15) is 12.8 Å². The van der Waals surface area contributed by atoms with Gasteiger partial charge in [0.1, 0.15) is 5.82 Å². The van der Waals surface area contributed by atoms with E-state index >= 15 is 0 Å². The first-order chi connectivity index (χ1) is 11.9. The van der Waals surface area contributed by atoms with Crippen LogP contribution in [0.5, 0.6) is 0 Å². The molecule has 0 aliphatic carbocycles. The minimum Gasteiger partial charge on any atom is -0.419 e. The van der Waals surface area contributed by atoms with Crippen LogP contribution in [0.4, 0.5) is 4.39 Å². The number of halogens is 1. The molecular weight excluding hydrogens is 345 g/mol. The van der Waals surface area contributed by atoms with Crippen molar-refractivity contribution in [3.05, 3.63) is 65.3 Å². The number of aryl methyl sites for hydroxylation is 2. The van der Waals surface area contributed by atoms with Gasteiger partial charge in [-0.15, -0.1) is 10.2 Å². The number of hydrogen-bond acceptors (Lipinski definition) is 5. The van der Waals surface area contributed by atoms with Gasteiger partial charge in [0.2, 0.25) is 15.9 Å². The third kappa shape index (κ3) is 3.75. The summed E-state index contributed by atoms with van der Waals surface area (Å²) in [5.41, 5.74) is 2.05. The molecule has 0 aliphatic rings. The van der Waals surface area contributed by atoms with E-state index in [-0.39, 0.29) is 28.8 Å². The Hall–Kier alpha value is -2.58. The summed E-state index contributed by atoms with van der Waals surface area (Å²) in [5, 5.41) is 7.51. The summed E-state index contributed by atoms with van der Waals surface area (Å²) in [5.74, 6) is -0.447. The maximum Gasteiger partial charge on any atom is 0.250 e. The number of nitrogens with zero attached hydrogens (tertiary/aromatic N) is 2. The highest BCUT2D eigenvalue weighted by molar-refractivity contribution is 7.89. The Morgan fingerprint density at radius 2 is 1.84 bits per heavy atom. The molecule has 25 heavy (non-hydrogen) atoms. The number of benzene rings is 2. The molecule has 1 N–H and O–H groups in total. The average molecular weight is 361 g/mol. The number of rotatable bonds is 5. The standard InChI is InChI=1S/C17H16FN3O3S/c1-11-7-8-13(9-12(11)2)25(22,23)19-10-16-20-21-17(24-16)14-5-3-4-6-15(14)18/h3-9,19H,10H2,1-2H3. The molecule has 0 radical (unpaired) electrons. The molecule has 0 atom stereocenters. The van der Waals surface area contributed by atoms with Gasteiger partial charge in [0.25, 0.3) is 5.89 Å². The van der Waals surface area contributed by atoms with Crippen molar-refractivity contribution < 1.29 is 17.2 Å². The average Bonchev–Trinajstić information content (AvgIpc) is 3.05. The lowest BCUT2D eigenvalue weighted by atomic mass is 10.1. The van der Waals surface area contributed by atoms with Crippen molar-refractivity contribution in [2.24, 2.45) is 0 Å². The van der Waals surface area contributed by atoms with Gasteiger partial charge in [0.05, 0.1) is 17.0 Å². The molecule has 0 bridgehead atoms. The number of aromatic nitrogens is 2. The lowest BCUT2D eigenvalue weighted by molar-refractivity contribution is 0.491. The summed E-state index contributed by atoms with van der Waals surface area (Å²) in [6.45, 7) is 3.56. The summed E-state index contributed by atoms with van der Waals surface area (Å²) in [6.07, 6.45) is 0. The van der Waals surface area contributed by atoms with Gasteiger partial charge in [-0.25, -0.2) is 17.5 Å². The van der Waals surface area contributed by atoms with Gasteiger partial charge in [0.15, 0.2) is 0 Å². The zero-order chi connectivity index (χ0) is 18.0. The molecule has 0 saturated carbocycles. The second kappa shape index (κ2) is 6.73. The quantitative estimate of drug-likeness (QED) is 0.755. The van der Waals surface area contributed by atoms with Crippen LogP contribution in [0.3, 0.4) is 0 Å². The Balaban J connectivity index is 1.75. The molecule has 0 spiro atoms. The molecule has 6 nitrogen and oxygen atoms in total. The molecule has 1 aromatic heterocycles. The van der Waals surface area contributed by atoms with E-state index in [1.807, 2.05) is 13.8 Å². The van der Waals surface area contributed by atoms with Crippen LogP contribution in [0.1, 0.15) is 17.0 Å². The van der Waals surface area contributed by atoms with Crippen LogP contribution in [-0.2, 0) is 16.6 Å². The van der Waals surface area contributed by atoms with E-state index < -0.39 is 15.8 Å². The molecule has 0 fully saturated rings. The van der Waals surface area contributed by atoms with Crippen LogP contribution in [0.25, 0.3) is 11.5 Å². The zero-order valence-electron chi connectivity index (χ0n) is 13.7. The highest BCUT2D eigenvalue weighted by Gasteiger charge is 2.17. The molecule has 0 saturated heterocycles. The van der Waals surface area contributed by atoms with E-state index in [0.717, 1.165) is 11.1 Å². The minimum absolute atomic E-state index is 0.00141. The van der Waals surface area contributed by atoms with Gasteiger partial charge in [-0.2, -0.15) is 0 Å². The van der Waals surface area contributed by atoms with Gasteiger partial charge in [-0.1, -0.05) is 18.2 Å². The largest absolute Gasteiger partial charge is 0.419 e. The summed E-state index contributed by atoms with van der Waals surface area (Å²) in [6, 6.07) is 10.8. The number of nitrogens with one attached hydrogen (secondary N) is 1. The molecule has 0 aliphatic heterocycles. The first kappa shape index (κ1) is 17.2. The lowest BCUT2D eigenvalue weighted by Crippen LogP contribution is -2.23. The summed E-state index contributed by atoms with van der Waals surface area (Å²) in [7, 11) is -3.71. The summed E-state index contributed by atoms with van der Waals surface area (Å²) < 4.78 is 46.1. The minimum atomic E-state index is -3.71. The molecule has 8 heteroatoms. The number of hydrogen-bond donors (Lipinski definition) is 1. The third-order valence-electron chi connectivity index (χ3n) is 3.77. The molecular formula is C17H16FN3O3S. The van der Waals surface area contributed by atoms with Crippen molar-refractivity contribution in [1.29, 1.82) is 0 Å². The predicted molar refractivity (Wildman–Crippen MR) is 89.6 cm³/mol. The van der Waals surface area contributed by atoms with E-state index in [1.54, 1.807) is 24.3 Å². The van der Waals surface area contributed by atoms with Crippen LogP contribution in [0.15, 0.2) is 51.8 Å². The van der Waals surface area contributed by atoms with Crippen molar-refractivity contribution in [2.45, 2.75) is 25.3 Å². The summed E-state index contributed by atoms with van der Waals surface area (Å²) in [4.78, 5) is 0.157. The fraction of sp³-hybridized carbons (Fsp3) is 0.176. The first-order valence-corrected chi connectivity index (χ1v) is 8.99. The van der Waals surface area contributed by atoms with Gasteiger partial charge in [-0.05, 0) is 49.2 Å². The van der Waals surface area contributed by atoms with Gasteiger partial charge in [0, 0.05) is 0 Å². The molecule has 0 amide bonds. The fourth-order valence-corrected chi connectivity index (χ4v) is 3.25. The molecule has 130 valence electrons. The van der Waals surface area contributed by atoms with Crippen molar-refractivity contribution in [2.75, 3.05) is 0 Å². The Bertz CT molecular complexity index is 1020. The molecule has 2 aromatic carbocycles. The highest BCUT2D eigenvalue weighted by atomic mass is 32.2. The van der Waals surface area contributed by atoms with E-state index in [1.165, 1.54) is 18.2 Å². The van der Waals surface area contributed by atoms with E-state index in [4.69, 9.17) is 4.42 Å². The Morgan fingerprint density at radius 3 is 2.56 bits per heavy atom. The fourth-order valence-electron chi connectivity index (χ4n) is 2.19. The van der Waals surface area contributed by atoms with Crippen molar-refractivity contribution in [3.8, 4) is 11.5 Å². The lowest BCUT2D eigenvalue weighted by Gasteiger charge is -2.07. The van der Waals surface area contributed by atoms with Crippen LogP contribution in [0, 0.1) is 19.7 Å². The van der Waals surface area contributed by atoms with E-state index in [0.29, 0.717) is 0 Å². The summed E-state index contributed by atoms with van der Waals surface area (Å²) >= 11 is 0. The van der Waals surface area contributed by atoms with Crippen LogP contribution in [-0.4, -0.2) is 18.6 Å².